The normalized spacial score (nSPS) is 23.4. The molecule has 28 heavy (non-hydrogen) atoms. The molecule has 2 N–H and O–H groups in total. The summed E-state index contributed by atoms with van der Waals surface area (Å²) in [7, 11) is 1.68. The number of nitrogens with one attached hydrogen (secondary N) is 2. The topological polar surface area (TPSA) is 56.8 Å². The Labute approximate surface area is 170 Å². The van der Waals surface area contributed by atoms with Crippen LogP contribution in [0.2, 0.25) is 5.02 Å². The molecule has 0 spiro atoms. The molecule has 2 aliphatic rings. The largest absolute Gasteiger partial charge is 0.497 e. The Bertz CT molecular complexity index is 839. The van der Waals surface area contributed by atoms with Crippen molar-refractivity contribution in [2.45, 2.75) is 18.8 Å². The monoisotopic (exact) mass is 400 g/mol. The van der Waals surface area contributed by atoms with Gasteiger partial charge in [0.25, 0.3) is 0 Å². The first kappa shape index (κ1) is 19.1. The van der Waals surface area contributed by atoms with E-state index in [1.165, 1.54) is 0 Å². The third kappa shape index (κ3) is 4.09. The maximum atomic E-state index is 12.3. The number of methoxy groups -OCH3 is 1. The minimum atomic E-state index is -0.185. The number of rotatable bonds is 4. The van der Waals surface area contributed by atoms with Crippen molar-refractivity contribution in [1.82, 2.24) is 15.5 Å². The van der Waals surface area contributed by atoms with E-state index < -0.39 is 0 Å². The van der Waals surface area contributed by atoms with E-state index in [1.54, 1.807) is 7.11 Å². The molecule has 2 unspecified atom stereocenters. The predicted octanol–water partition coefficient (Wildman–Crippen LogP) is 2.61. The summed E-state index contributed by atoms with van der Waals surface area (Å²) >= 11 is 6.35. The van der Waals surface area contributed by atoms with E-state index in [1.807, 2.05) is 36.4 Å². The van der Waals surface area contributed by atoms with Gasteiger partial charge in [-0.05, 0) is 23.8 Å². The number of carbonyl (C=O) groups excluding carboxylic acids is 1. The van der Waals surface area contributed by atoms with Gasteiger partial charge in [0, 0.05) is 55.4 Å². The first-order valence-electron chi connectivity index (χ1n) is 9.57. The van der Waals surface area contributed by atoms with Gasteiger partial charge in [-0.25, -0.2) is 0 Å². The second-order valence-electron chi connectivity index (χ2n) is 7.14. The van der Waals surface area contributed by atoms with Crippen molar-refractivity contribution in [3.63, 3.8) is 0 Å². The van der Waals surface area contributed by atoms with Crippen molar-refractivity contribution >= 4 is 23.2 Å². The third-order valence-electron chi connectivity index (χ3n) is 5.42. The molecule has 4 rings (SSSR count). The molecule has 0 bridgehead atoms. The Hall–Kier alpha value is -2.28. The minimum absolute atomic E-state index is 0.0453. The van der Waals surface area contributed by atoms with Gasteiger partial charge in [0.15, 0.2) is 0 Å². The smallest absolute Gasteiger partial charge is 0.224 e. The van der Waals surface area contributed by atoms with Crippen molar-refractivity contribution in [3.05, 3.63) is 59.1 Å². The molecule has 2 heterocycles. The molecule has 0 aliphatic carbocycles. The fourth-order valence-corrected chi connectivity index (χ4v) is 4.16. The zero-order chi connectivity index (χ0) is 19.5. The van der Waals surface area contributed by atoms with Gasteiger partial charge in [-0.15, -0.1) is 0 Å². The highest BCUT2D eigenvalue weighted by Gasteiger charge is 2.33. The van der Waals surface area contributed by atoms with E-state index in [4.69, 9.17) is 16.3 Å². The van der Waals surface area contributed by atoms with Crippen LogP contribution in [0.3, 0.4) is 0 Å². The molecule has 0 radical (unpaired) electrons. The summed E-state index contributed by atoms with van der Waals surface area (Å²) in [4.78, 5) is 16.9. The fraction of sp³-hybridized carbons (Fsp3) is 0.381. The zero-order valence-electron chi connectivity index (χ0n) is 15.9. The maximum Gasteiger partial charge on any atom is 0.224 e. The average Bonchev–Trinajstić information content (AvgIpc) is 2.74. The molecule has 7 heteroatoms. The molecule has 1 amide bonds. The summed E-state index contributed by atoms with van der Waals surface area (Å²) < 4.78 is 5.33. The molecule has 0 aromatic heterocycles. The van der Waals surface area contributed by atoms with Crippen LogP contribution in [0.15, 0.2) is 48.5 Å². The quantitative estimate of drug-likeness (QED) is 0.826. The minimum Gasteiger partial charge on any atom is -0.497 e. The highest BCUT2D eigenvalue weighted by Crippen LogP contribution is 2.28. The summed E-state index contributed by atoms with van der Waals surface area (Å²) in [5.74, 6) is 0.910. The zero-order valence-corrected chi connectivity index (χ0v) is 16.7. The van der Waals surface area contributed by atoms with Crippen molar-refractivity contribution in [3.8, 4) is 5.75 Å². The maximum absolute atomic E-state index is 12.3. The van der Waals surface area contributed by atoms with E-state index >= 15 is 0 Å². The first-order chi connectivity index (χ1) is 13.6. The molecule has 2 aliphatic heterocycles. The molecular formula is C21H25ClN4O2. The standard InChI is InChI=1S/C21H25ClN4O2/c1-28-16-6-4-5-15(13-16)25-9-11-26(12-10-25)21-23-19(14-20(27)24-21)17-7-2-3-8-18(17)22/h2-8,13,19,21,23H,9-12,14H2,1H3,(H,24,27). The third-order valence-corrected chi connectivity index (χ3v) is 5.77. The van der Waals surface area contributed by atoms with Gasteiger partial charge in [-0.3, -0.25) is 15.0 Å². The van der Waals surface area contributed by atoms with Gasteiger partial charge in [0.1, 0.15) is 12.0 Å². The Kier molecular flexibility index (Phi) is 5.71. The number of amides is 1. The van der Waals surface area contributed by atoms with Gasteiger partial charge in [0.05, 0.1) is 7.11 Å². The van der Waals surface area contributed by atoms with E-state index in [0.29, 0.717) is 11.4 Å². The first-order valence-corrected chi connectivity index (χ1v) is 9.95. The van der Waals surface area contributed by atoms with Gasteiger partial charge < -0.3 is 15.0 Å². The molecule has 2 fully saturated rings. The number of nitrogens with zero attached hydrogens (tertiary/aromatic N) is 2. The molecule has 6 nitrogen and oxygen atoms in total. The Balaban J connectivity index is 1.41. The summed E-state index contributed by atoms with van der Waals surface area (Å²) in [6, 6.07) is 15.8. The van der Waals surface area contributed by atoms with Gasteiger partial charge >= 0.3 is 0 Å². The number of halogens is 1. The van der Waals surface area contributed by atoms with Crippen LogP contribution in [0, 0.1) is 0 Å². The lowest BCUT2D eigenvalue weighted by atomic mass is 10.0. The Morgan fingerprint density at radius 1 is 1.07 bits per heavy atom. The summed E-state index contributed by atoms with van der Waals surface area (Å²) in [6.07, 6.45) is 0.208. The lowest BCUT2D eigenvalue weighted by molar-refractivity contribution is -0.127. The van der Waals surface area contributed by atoms with Crippen LogP contribution in [-0.4, -0.2) is 50.4 Å². The van der Waals surface area contributed by atoms with Crippen LogP contribution in [0.4, 0.5) is 5.69 Å². The number of benzene rings is 2. The van der Waals surface area contributed by atoms with Crippen LogP contribution in [0.5, 0.6) is 5.75 Å². The van der Waals surface area contributed by atoms with Crippen molar-refractivity contribution < 1.29 is 9.53 Å². The number of hydrogen-bond acceptors (Lipinski definition) is 5. The molecule has 2 atom stereocenters. The highest BCUT2D eigenvalue weighted by atomic mass is 35.5. The van der Waals surface area contributed by atoms with Gasteiger partial charge in [-0.2, -0.15) is 0 Å². The number of hydrogen-bond donors (Lipinski definition) is 2. The molecule has 0 saturated carbocycles. The van der Waals surface area contributed by atoms with Crippen LogP contribution in [0.1, 0.15) is 18.0 Å². The highest BCUT2D eigenvalue weighted by molar-refractivity contribution is 6.31. The predicted molar refractivity (Wildman–Crippen MR) is 111 cm³/mol. The summed E-state index contributed by atoms with van der Waals surface area (Å²) in [5.41, 5.74) is 2.13. The average molecular weight is 401 g/mol. The lowest BCUT2D eigenvalue weighted by Gasteiger charge is -2.43. The van der Waals surface area contributed by atoms with E-state index in [2.05, 4.69) is 32.6 Å². The van der Waals surface area contributed by atoms with Gasteiger partial charge in [0.2, 0.25) is 5.91 Å². The number of carbonyl (C=O) groups is 1. The second-order valence-corrected chi connectivity index (χ2v) is 7.55. The fourth-order valence-electron chi connectivity index (χ4n) is 3.89. The Morgan fingerprint density at radius 3 is 2.61 bits per heavy atom. The number of ether oxygens (including phenoxy) is 1. The summed E-state index contributed by atoms with van der Waals surface area (Å²) in [5, 5.41) is 7.32. The molecular weight excluding hydrogens is 376 g/mol. The Morgan fingerprint density at radius 2 is 1.86 bits per heavy atom. The SMILES string of the molecule is COc1cccc(N2CCN(C3NC(=O)CC(c4ccccc4Cl)N3)CC2)c1. The molecule has 2 aromatic rings. The van der Waals surface area contributed by atoms with E-state index in [0.717, 1.165) is 43.2 Å². The van der Waals surface area contributed by atoms with Crippen molar-refractivity contribution in [2.24, 2.45) is 0 Å². The van der Waals surface area contributed by atoms with Crippen LogP contribution >= 0.6 is 11.6 Å². The van der Waals surface area contributed by atoms with E-state index in [-0.39, 0.29) is 18.2 Å². The van der Waals surface area contributed by atoms with Crippen LogP contribution in [0.25, 0.3) is 0 Å². The molecule has 2 aromatic carbocycles. The summed E-state index contributed by atoms with van der Waals surface area (Å²) in [6.45, 7) is 3.48. The number of piperazine rings is 1. The second kappa shape index (κ2) is 8.39. The lowest BCUT2D eigenvalue weighted by Crippen LogP contribution is -2.64. The van der Waals surface area contributed by atoms with Crippen molar-refractivity contribution in [2.75, 3.05) is 38.2 Å². The van der Waals surface area contributed by atoms with Crippen LogP contribution in [-0.2, 0) is 4.79 Å². The van der Waals surface area contributed by atoms with Crippen LogP contribution < -0.4 is 20.3 Å². The van der Waals surface area contributed by atoms with Crippen molar-refractivity contribution in [1.29, 1.82) is 0 Å². The van der Waals surface area contributed by atoms with Gasteiger partial charge in [-0.1, -0.05) is 35.9 Å². The van der Waals surface area contributed by atoms with E-state index in [9.17, 15) is 4.79 Å². The number of anilines is 1. The molecule has 2 saturated heterocycles. The molecule has 148 valence electrons.